The van der Waals surface area contributed by atoms with Crippen LogP contribution in [0, 0.1) is 5.92 Å². The smallest absolute Gasteiger partial charge is 0.178 e. The molecule has 0 aliphatic carbocycles. The highest BCUT2D eigenvalue weighted by molar-refractivity contribution is 6.36. The zero-order chi connectivity index (χ0) is 13.8. The molecule has 0 amide bonds. The van der Waals surface area contributed by atoms with Gasteiger partial charge in [-0.2, -0.15) is 0 Å². The van der Waals surface area contributed by atoms with Crippen LogP contribution >= 0.6 is 23.2 Å². The number of ketones is 1. The number of nitrogens with zero attached hydrogens (tertiary/aromatic N) is 1. The van der Waals surface area contributed by atoms with E-state index in [-0.39, 0.29) is 5.78 Å². The minimum atomic E-state index is 0.0595. The van der Waals surface area contributed by atoms with Crippen molar-refractivity contribution in [2.24, 2.45) is 5.92 Å². The predicted molar refractivity (Wildman–Crippen MR) is 80.2 cm³/mol. The third kappa shape index (κ3) is 3.95. The zero-order valence-corrected chi connectivity index (χ0v) is 12.7. The Balaban J connectivity index is 2.02. The number of hydrogen-bond acceptors (Lipinski definition) is 2. The van der Waals surface area contributed by atoms with Crippen LogP contribution in [0.3, 0.4) is 0 Å². The second kappa shape index (κ2) is 6.74. The molecule has 0 bridgehead atoms. The van der Waals surface area contributed by atoms with Crippen molar-refractivity contribution in [3.8, 4) is 0 Å². The number of piperidine rings is 1. The van der Waals surface area contributed by atoms with Gasteiger partial charge in [0.2, 0.25) is 0 Å². The lowest BCUT2D eigenvalue weighted by atomic mass is 9.95. The summed E-state index contributed by atoms with van der Waals surface area (Å²) < 4.78 is 0. The number of likely N-dealkylation sites (tertiary alicyclic amines) is 1. The molecule has 19 heavy (non-hydrogen) atoms. The zero-order valence-electron chi connectivity index (χ0n) is 11.2. The quantitative estimate of drug-likeness (QED) is 0.773. The number of benzene rings is 1. The first-order valence-electron chi connectivity index (χ1n) is 6.80. The number of carbonyl (C=O) groups is 1. The van der Waals surface area contributed by atoms with Crippen molar-refractivity contribution in [2.75, 3.05) is 19.6 Å². The Kier molecular flexibility index (Phi) is 5.26. The molecule has 104 valence electrons. The molecule has 4 heteroatoms. The van der Waals surface area contributed by atoms with E-state index in [1.54, 1.807) is 18.2 Å². The maximum atomic E-state index is 12.3. The van der Waals surface area contributed by atoms with Gasteiger partial charge in [-0.25, -0.2) is 0 Å². The molecule has 1 aliphatic rings. The van der Waals surface area contributed by atoms with Gasteiger partial charge in [-0.3, -0.25) is 9.69 Å². The number of rotatable bonds is 4. The molecule has 2 rings (SSSR count). The molecule has 0 N–H and O–H groups in total. The van der Waals surface area contributed by atoms with Gasteiger partial charge in [0.05, 0.1) is 11.6 Å². The summed E-state index contributed by atoms with van der Waals surface area (Å²) in [6, 6.07) is 5.05. The molecule has 1 atom stereocenters. The predicted octanol–water partition coefficient (Wildman–Crippen LogP) is 4.30. The third-order valence-corrected chi connectivity index (χ3v) is 4.34. The highest BCUT2D eigenvalue weighted by atomic mass is 35.5. The molecule has 1 aliphatic heterocycles. The minimum Gasteiger partial charge on any atom is -0.296 e. The molecule has 0 spiro atoms. The fourth-order valence-corrected chi connectivity index (χ4v) is 3.02. The first-order valence-corrected chi connectivity index (χ1v) is 7.56. The van der Waals surface area contributed by atoms with Crippen LogP contribution in [0.4, 0.5) is 0 Å². The summed E-state index contributed by atoms with van der Waals surface area (Å²) in [4.78, 5) is 14.5. The molecule has 1 heterocycles. The molecule has 1 aromatic rings. The van der Waals surface area contributed by atoms with E-state index in [2.05, 4.69) is 11.8 Å². The Morgan fingerprint density at radius 2 is 2.21 bits per heavy atom. The van der Waals surface area contributed by atoms with E-state index in [4.69, 9.17) is 23.2 Å². The van der Waals surface area contributed by atoms with E-state index in [0.29, 0.717) is 22.2 Å². The SMILES string of the molecule is CCC1CCCN(CC(=O)c2cc(Cl)ccc2Cl)C1. The van der Waals surface area contributed by atoms with E-state index >= 15 is 0 Å². The molecule has 0 aromatic heterocycles. The van der Waals surface area contributed by atoms with Crippen molar-refractivity contribution in [1.29, 1.82) is 0 Å². The second-order valence-electron chi connectivity index (χ2n) is 5.20. The molecule has 0 saturated carbocycles. The van der Waals surface area contributed by atoms with Crippen LogP contribution < -0.4 is 0 Å². The summed E-state index contributed by atoms with van der Waals surface area (Å²) in [5, 5.41) is 1.04. The van der Waals surface area contributed by atoms with Crippen LogP contribution in [0.25, 0.3) is 0 Å². The van der Waals surface area contributed by atoms with Crippen molar-refractivity contribution in [3.63, 3.8) is 0 Å². The van der Waals surface area contributed by atoms with Crippen LogP contribution in [-0.4, -0.2) is 30.3 Å². The van der Waals surface area contributed by atoms with E-state index < -0.39 is 0 Å². The molecule has 1 fully saturated rings. The lowest BCUT2D eigenvalue weighted by Crippen LogP contribution is -2.38. The Bertz CT molecular complexity index is 461. The number of Topliss-reactive ketones (excluding diaryl/α,β-unsaturated/α-hetero) is 1. The normalized spacial score (nSPS) is 20.5. The Morgan fingerprint density at radius 1 is 1.42 bits per heavy atom. The first kappa shape index (κ1) is 14.8. The number of hydrogen-bond donors (Lipinski definition) is 0. The fraction of sp³-hybridized carbons (Fsp3) is 0.533. The van der Waals surface area contributed by atoms with Crippen molar-refractivity contribution in [1.82, 2.24) is 4.90 Å². The van der Waals surface area contributed by atoms with E-state index in [1.807, 2.05) is 0 Å². The average Bonchev–Trinajstić information content (AvgIpc) is 2.41. The minimum absolute atomic E-state index is 0.0595. The molecular formula is C15H19Cl2NO. The summed E-state index contributed by atoms with van der Waals surface area (Å²) >= 11 is 12.0. The first-order chi connectivity index (χ1) is 9.10. The van der Waals surface area contributed by atoms with Crippen LogP contribution in [0.1, 0.15) is 36.5 Å². The Hall–Kier alpha value is -0.570. The largest absolute Gasteiger partial charge is 0.296 e. The summed E-state index contributed by atoms with van der Waals surface area (Å²) in [5.41, 5.74) is 0.535. The molecule has 1 aromatic carbocycles. The summed E-state index contributed by atoms with van der Waals surface area (Å²) in [6.45, 7) is 4.67. The standard InChI is InChI=1S/C15H19Cl2NO/c1-2-11-4-3-7-18(9-11)10-15(19)13-8-12(16)5-6-14(13)17/h5-6,8,11H,2-4,7,9-10H2,1H3. The monoisotopic (exact) mass is 299 g/mol. The summed E-state index contributed by atoms with van der Waals surface area (Å²) in [6.07, 6.45) is 3.64. The lowest BCUT2D eigenvalue weighted by Gasteiger charge is -2.31. The summed E-state index contributed by atoms with van der Waals surface area (Å²) in [7, 11) is 0. The maximum absolute atomic E-state index is 12.3. The lowest BCUT2D eigenvalue weighted by molar-refractivity contribution is 0.0885. The number of halogens is 2. The van der Waals surface area contributed by atoms with Gasteiger partial charge in [-0.1, -0.05) is 36.5 Å². The van der Waals surface area contributed by atoms with Crippen molar-refractivity contribution in [2.45, 2.75) is 26.2 Å². The van der Waals surface area contributed by atoms with Gasteiger partial charge in [0.25, 0.3) is 0 Å². The van der Waals surface area contributed by atoms with Crippen LogP contribution in [0.15, 0.2) is 18.2 Å². The van der Waals surface area contributed by atoms with E-state index in [1.165, 1.54) is 19.3 Å². The molecule has 0 radical (unpaired) electrons. The van der Waals surface area contributed by atoms with Gasteiger partial charge >= 0.3 is 0 Å². The average molecular weight is 300 g/mol. The van der Waals surface area contributed by atoms with Crippen LogP contribution in [-0.2, 0) is 0 Å². The van der Waals surface area contributed by atoms with Crippen molar-refractivity contribution >= 4 is 29.0 Å². The van der Waals surface area contributed by atoms with Gasteiger partial charge < -0.3 is 0 Å². The molecule has 2 nitrogen and oxygen atoms in total. The fourth-order valence-electron chi connectivity index (χ4n) is 2.63. The van der Waals surface area contributed by atoms with Crippen molar-refractivity contribution < 1.29 is 4.79 Å². The van der Waals surface area contributed by atoms with Crippen LogP contribution in [0.2, 0.25) is 10.0 Å². The Morgan fingerprint density at radius 3 is 2.95 bits per heavy atom. The second-order valence-corrected chi connectivity index (χ2v) is 6.04. The third-order valence-electron chi connectivity index (χ3n) is 3.78. The highest BCUT2D eigenvalue weighted by Crippen LogP contribution is 2.23. The van der Waals surface area contributed by atoms with Crippen LogP contribution in [0.5, 0.6) is 0 Å². The van der Waals surface area contributed by atoms with E-state index in [0.717, 1.165) is 19.0 Å². The van der Waals surface area contributed by atoms with E-state index in [9.17, 15) is 4.79 Å². The molecule has 1 unspecified atom stereocenters. The van der Waals surface area contributed by atoms with Crippen molar-refractivity contribution in [3.05, 3.63) is 33.8 Å². The highest BCUT2D eigenvalue weighted by Gasteiger charge is 2.21. The van der Waals surface area contributed by atoms with Gasteiger partial charge in [0, 0.05) is 17.1 Å². The van der Waals surface area contributed by atoms with Gasteiger partial charge in [-0.05, 0) is 43.5 Å². The summed E-state index contributed by atoms with van der Waals surface area (Å²) in [5.74, 6) is 0.778. The topological polar surface area (TPSA) is 20.3 Å². The maximum Gasteiger partial charge on any atom is 0.178 e. The van der Waals surface area contributed by atoms with Gasteiger partial charge in [0.15, 0.2) is 5.78 Å². The Labute approximate surface area is 124 Å². The number of carbonyl (C=O) groups excluding carboxylic acids is 1. The van der Waals surface area contributed by atoms with Gasteiger partial charge in [-0.15, -0.1) is 0 Å². The van der Waals surface area contributed by atoms with Gasteiger partial charge in [0.1, 0.15) is 0 Å². The molecular weight excluding hydrogens is 281 g/mol. The molecule has 1 saturated heterocycles.